The first kappa shape index (κ1) is 12.5. The third-order valence-electron chi connectivity index (χ3n) is 3.97. The van der Waals surface area contributed by atoms with E-state index in [0.717, 1.165) is 6.41 Å². The molecule has 0 heterocycles. The minimum Gasteiger partial charge on any atom is -0.355 e. The average Bonchev–Trinajstić information content (AvgIpc) is 2.17. The molecular weight excluding hydrogens is 186 g/mol. The molecule has 0 spiro atoms. The van der Waals surface area contributed by atoms with Gasteiger partial charge in [-0.15, -0.1) is 0 Å². The normalized spacial score (nSPS) is 32.0. The Bertz CT molecular complexity index is 185. The van der Waals surface area contributed by atoms with Crippen molar-refractivity contribution < 1.29 is 4.79 Å². The van der Waals surface area contributed by atoms with E-state index in [1.165, 1.54) is 19.3 Å². The van der Waals surface area contributed by atoms with Crippen LogP contribution in [0.5, 0.6) is 0 Å². The number of rotatable bonds is 4. The average molecular weight is 211 g/mol. The first-order valence-electron chi connectivity index (χ1n) is 6.27. The van der Waals surface area contributed by atoms with Crippen LogP contribution in [0, 0.1) is 23.7 Å². The quantitative estimate of drug-likeness (QED) is 0.712. The topological polar surface area (TPSA) is 29.1 Å². The Morgan fingerprint density at radius 3 is 1.87 bits per heavy atom. The Hall–Kier alpha value is -0.530. The molecule has 0 aromatic carbocycles. The van der Waals surface area contributed by atoms with Crippen molar-refractivity contribution in [2.24, 2.45) is 23.7 Å². The highest BCUT2D eigenvalue weighted by atomic mass is 16.1. The zero-order valence-electron chi connectivity index (χ0n) is 10.5. The molecule has 1 N–H and O–H groups in total. The van der Waals surface area contributed by atoms with E-state index in [1.54, 1.807) is 0 Å². The highest BCUT2D eigenvalue weighted by molar-refractivity contribution is 5.47. The van der Waals surface area contributed by atoms with Crippen molar-refractivity contribution in [3.05, 3.63) is 0 Å². The van der Waals surface area contributed by atoms with Crippen LogP contribution in [0.4, 0.5) is 0 Å². The Morgan fingerprint density at radius 2 is 1.53 bits per heavy atom. The van der Waals surface area contributed by atoms with Gasteiger partial charge in [0.15, 0.2) is 0 Å². The van der Waals surface area contributed by atoms with Crippen LogP contribution in [0.25, 0.3) is 0 Å². The molecule has 0 bridgehead atoms. The number of hydrogen-bond donors (Lipinski definition) is 1. The molecule has 1 saturated carbocycles. The monoisotopic (exact) mass is 211 g/mol. The van der Waals surface area contributed by atoms with Gasteiger partial charge in [0, 0.05) is 6.04 Å². The number of hydrogen-bond acceptors (Lipinski definition) is 1. The van der Waals surface area contributed by atoms with Gasteiger partial charge in [-0.1, -0.05) is 34.1 Å². The molecule has 0 aromatic heterocycles. The predicted molar refractivity (Wildman–Crippen MR) is 63.5 cm³/mol. The van der Waals surface area contributed by atoms with E-state index in [9.17, 15) is 4.79 Å². The summed E-state index contributed by atoms with van der Waals surface area (Å²) in [4.78, 5) is 10.7. The summed E-state index contributed by atoms with van der Waals surface area (Å²) in [5.41, 5.74) is 0. The largest absolute Gasteiger partial charge is 0.355 e. The van der Waals surface area contributed by atoms with Gasteiger partial charge in [0.25, 0.3) is 0 Å². The maximum absolute atomic E-state index is 10.7. The lowest BCUT2D eigenvalue weighted by Gasteiger charge is -2.42. The second kappa shape index (κ2) is 5.53. The summed E-state index contributed by atoms with van der Waals surface area (Å²) in [6, 6.07) is 0.399. The van der Waals surface area contributed by atoms with Crippen molar-refractivity contribution in [3.63, 3.8) is 0 Å². The summed E-state index contributed by atoms with van der Waals surface area (Å²) in [6.45, 7) is 9.08. The molecule has 0 aromatic rings. The van der Waals surface area contributed by atoms with Crippen molar-refractivity contribution in [3.8, 4) is 0 Å². The summed E-state index contributed by atoms with van der Waals surface area (Å²) in [6.07, 6.45) is 4.75. The Labute approximate surface area is 93.8 Å². The van der Waals surface area contributed by atoms with E-state index >= 15 is 0 Å². The fourth-order valence-corrected chi connectivity index (χ4v) is 3.09. The van der Waals surface area contributed by atoms with E-state index in [-0.39, 0.29) is 0 Å². The van der Waals surface area contributed by atoms with Crippen LogP contribution < -0.4 is 5.32 Å². The van der Waals surface area contributed by atoms with Crippen LogP contribution in [-0.4, -0.2) is 12.5 Å². The molecule has 2 atom stereocenters. The molecule has 1 rings (SSSR count). The van der Waals surface area contributed by atoms with Crippen LogP contribution in [0.1, 0.15) is 47.0 Å². The fourth-order valence-electron chi connectivity index (χ4n) is 3.09. The van der Waals surface area contributed by atoms with Crippen LogP contribution in [0.2, 0.25) is 0 Å². The molecule has 1 amide bonds. The maximum Gasteiger partial charge on any atom is 0.207 e. The van der Waals surface area contributed by atoms with Crippen molar-refractivity contribution in [1.29, 1.82) is 0 Å². The van der Waals surface area contributed by atoms with E-state index in [0.29, 0.717) is 29.7 Å². The van der Waals surface area contributed by atoms with Crippen LogP contribution in [-0.2, 0) is 4.79 Å². The van der Waals surface area contributed by atoms with Gasteiger partial charge in [0.2, 0.25) is 6.41 Å². The number of amides is 1. The van der Waals surface area contributed by atoms with Crippen molar-refractivity contribution >= 4 is 6.41 Å². The molecule has 1 aliphatic carbocycles. The van der Waals surface area contributed by atoms with Crippen LogP contribution in [0.3, 0.4) is 0 Å². The van der Waals surface area contributed by atoms with E-state index in [4.69, 9.17) is 0 Å². The summed E-state index contributed by atoms with van der Waals surface area (Å²) in [7, 11) is 0. The van der Waals surface area contributed by atoms with Gasteiger partial charge in [-0.05, 0) is 36.5 Å². The molecule has 2 heteroatoms. The highest BCUT2D eigenvalue weighted by Gasteiger charge is 2.35. The minimum atomic E-state index is 0.399. The van der Waals surface area contributed by atoms with Gasteiger partial charge in [0.1, 0.15) is 0 Å². The SMILES string of the molecule is CC(C)C1CCCC(C(C)C)C1NC=O. The molecule has 0 saturated heterocycles. The second-order valence-electron chi connectivity index (χ2n) is 5.56. The first-order valence-corrected chi connectivity index (χ1v) is 6.27. The molecule has 1 fully saturated rings. The van der Waals surface area contributed by atoms with Crippen molar-refractivity contribution in [2.45, 2.75) is 53.0 Å². The zero-order chi connectivity index (χ0) is 11.4. The molecule has 15 heavy (non-hydrogen) atoms. The predicted octanol–water partition coefficient (Wildman–Crippen LogP) is 2.83. The lowest BCUT2D eigenvalue weighted by molar-refractivity contribution is -0.111. The van der Waals surface area contributed by atoms with Gasteiger partial charge < -0.3 is 5.32 Å². The van der Waals surface area contributed by atoms with Gasteiger partial charge in [-0.2, -0.15) is 0 Å². The zero-order valence-corrected chi connectivity index (χ0v) is 10.5. The summed E-state index contributed by atoms with van der Waals surface area (Å²) in [5, 5.41) is 3.07. The smallest absolute Gasteiger partial charge is 0.207 e. The van der Waals surface area contributed by atoms with E-state index < -0.39 is 0 Å². The van der Waals surface area contributed by atoms with Gasteiger partial charge in [-0.25, -0.2) is 0 Å². The lowest BCUT2D eigenvalue weighted by Crippen LogP contribution is -2.47. The minimum absolute atomic E-state index is 0.399. The van der Waals surface area contributed by atoms with Crippen LogP contribution in [0.15, 0.2) is 0 Å². The van der Waals surface area contributed by atoms with Gasteiger partial charge >= 0.3 is 0 Å². The molecule has 0 radical (unpaired) electrons. The second-order valence-corrected chi connectivity index (χ2v) is 5.56. The Balaban J connectivity index is 2.75. The third kappa shape index (κ3) is 2.96. The molecule has 1 aliphatic rings. The molecule has 2 nitrogen and oxygen atoms in total. The Morgan fingerprint density at radius 1 is 1.07 bits per heavy atom. The molecule has 2 unspecified atom stereocenters. The highest BCUT2D eigenvalue weighted by Crippen LogP contribution is 2.37. The number of carbonyl (C=O) groups is 1. The maximum atomic E-state index is 10.7. The third-order valence-corrected chi connectivity index (χ3v) is 3.97. The van der Waals surface area contributed by atoms with E-state index in [2.05, 4.69) is 33.0 Å². The van der Waals surface area contributed by atoms with Crippen LogP contribution >= 0.6 is 0 Å². The van der Waals surface area contributed by atoms with Gasteiger partial charge in [0.05, 0.1) is 0 Å². The fraction of sp³-hybridized carbons (Fsp3) is 0.923. The van der Waals surface area contributed by atoms with Gasteiger partial charge in [-0.3, -0.25) is 4.79 Å². The molecule has 0 aliphatic heterocycles. The van der Waals surface area contributed by atoms with E-state index in [1.807, 2.05) is 0 Å². The molecule has 88 valence electrons. The summed E-state index contributed by atoms with van der Waals surface area (Å²) >= 11 is 0. The summed E-state index contributed by atoms with van der Waals surface area (Å²) in [5.74, 6) is 2.67. The molecular formula is C13H25NO. The lowest BCUT2D eigenvalue weighted by atomic mass is 9.68. The first-order chi connectivity index (χ1) is 7.07. The summed E-state index contributed by atoms with van der Waals surface area (Å²) < 4.78 is 0. The number of carbonyl (C=O) groups excluding carboxylic acids is 1. The standard InChI is InChI=1S/C13H25NO/c1-9(2)11-6-5-7-12(10(3)4)13(11)14-8-15/h8-13H,5-7H2,1-4H3,(H,14,15). The van der Waals surface area contributed by atoms with Crippen molar-refractivity contribution in [1.82, 2.24) is 5.32 Å². The van der Waals surface area contributed by atoms with Crippen molar-refractivity contribution in [2.75, 3.05) is 0 Å². The Kier molecular flexibility index (Phi) is 4.62. The number of nitrogens with one attached hydrogen (secondary N) is 1.